The molecule has 2 heterocycles. The summed E-state index contributed by atoms with van der Waals surface area (Å²) in [6.07, 6.45) is 3.42. The lowest BCUT2D eigenvalue weighted by molar-refractivity contribution is -0.163. The normalized spacial score (nSPS) is 38.2. The molecular weight excluding hydrogens is 298 g/mol. The number of ketones is 1. The Balaban J connectivity index is 1.74. The van der Waals surface area contributed by atoms with E-state index in [9.17, 15) is 9.59 Å². The van der Waals surface area contributed by atoms with Crippen LogP contribution in [-0.2, 0) is 23.8 Å². The SMILES string of the molecule is CCOC(C)OC1CCN2C(C(=O)OC)C(=O)C3CC(C1)C2C3. The molecule has 0 aromatic rings. The van der Waals surface area contributed by atoms with E-state index in [2.05, 4.69) is 4.90 Å². The molecule has 0 aromatic carbocycles. The van der Waals surface area contributed by atoms with E-state index in [1.165, 1.54) is 7.11 Å². The van der Waals surface area contributed by atoms with Gasteiger partial charge in [-0.3, -0.25) is 9.69 Å². The number of hydrogen-bond donors (Lipinski definition) is 0. The van der Waals surface area contributed by atoms with Crippen molar-refractivity contribution in [3.63, 3.8) is 0 Å². The molecule has 6 unspecified atom stereocenters. The van der Waals surface area contributed by atoms with Crippen LogP contribution in [0.1, 0.15) is 39.5 Å². The molecule has 6 atom stereocenters. The van der Waals surface area contributed by atoms with E-state index in [0.29, 0.717) is 25.1 Å². The minimum atomic E-state index is -0.711. The molecule has 1 saturated carbocycles. The second kappa shape index (κ2) is 6.87. The maximum Gasteiger partial charge on any atom is 0.330 e. The molecule has 2 saturated heterocycles. The van der Waals surface area contributed by atoms with Gasteiger partial charge in [0, 0.05) is 25.1 Å². The summed E-state index contributed by atoms with van der Waals surface area (Å²) in [6, 6.07) is -0.408. The standard InChI is InChI=1S/C17H27NO5/c1-4-22-10(2)23-13-5-6-18-14-9-12(7-11(14)8-13)16(19)15(18)17(20)21-3/h10-15H,4-9H2,1-3H3. The molecule has 6 heteroatoms. The van der Waals surface area contributed by atoms with E-state index in [-0.39, 0.29) is 24.1 Å². The summed E-state index contributed by atoms with van der Waals surface area (Å²) in [4.78, 5) is 26.8. The van der Waals surface area contributed by atoms with E-state index < -0.39 is 12.0 Å². The molecule has 0 spiro atoms. The third-order valence-corrected chi connectivity index (χ3v) is 5.57. The molecule has 0 radical (unpaired) electrons. The molecule has 23 heavy (non-hydrogen) atoms. The van der Waals surface area contributed by atoms with Gasteiger partial charge in [-0.2, -0.15) is 0 Å². The van der Waals surface area contributed by atoms with Gasteiger partial charge in [-0.05, 0) is 45.4 Å². The maximum atomic E-state index is 12.6. The van der Waals surface area contributed by atoms with Gasteiger partial charge in [0.05, 0.1) is 13.2 Å². The Morgan fingerprint density at radius 1 is 1.35 bits per heavy atom. The van der Waals surface area contributed by atoms with Crippen LogP contribution in [0.25, 0.3) is 0 Å². The van der Waals surface area contributed by atoms with Gasteiger partial charge in [0.1, 0.15) is 0 Å². The second-order valence-corrected chi connectivity index (χ2v) is 6.87. The summed E-state index contributed by atoms with van der Waals surface area (Å²) in [5.41, 5.74) is 0. The molecule has 3 aliphatic rings. The molecule has 2 aliphatic heterocycles. The minimum Gasteiger partial charge on any atom is -0.468 e. The minimum absolute atomic E-state index is 0.00779. The largest absolute Gasteiger partial charge is 0.468 e. The average molecular weight is 325 g/mol. The van der Waals surface area contributed by atoms with Crippen LogP contribution in [0.2, 0.25) is 0 Å². The molecule has 6 nitrogen and oxygen atoms in total. The number of nitrogens with zero attached hydrogens (tertiary/aromatic N) is 1. The number of esters is 1. The Hall–Kier alpha value is -0.980. The first-order chi connectivity index (χ1) is 11.0. The van der Waals surface area contributed by atoms with Crippen LogP contribution in [0.15, 0.2) is 0 Å². The highest BCUT2D eigenvalue weighted by Gasteiger charge is 2.54. The quantitative estimate of drug-likeness (QED) is 0.432. The number of Topliss-reactive ketones (excluding diaryl/α,β-unsaturated/α-hetero) is 1. The zero-order valence-corrected chi connectivity index (χ0v) is 14.2. The van der Waals surface area contributed by atoms with Crippen molar-refractivity contribution in [1.82, 2.24) is 4.90 Å². The van der Waals surface area contributed by atoms with Crippen molar-refractivity contribution >= 4 is 11.8 Å². The molecule has 1 aliphatic carbocycles. The summed E-state index contributed by atoms with van der Waals surface area (Å²) in [5.74, 6) is 0.0680. The van der Waals surface area contributed by atoms with Gasteiger partial charge in [-0.1, -0.05) is 0 Å². The average Bonchev–Trinajstić information content (AvgIpc) is 2.81. The fraction of sp³-hybridized carbons (Fsp3) is 0.882. The fourth-order valence-electron chi connectivity index (χ4n) is 4.65. The molecule has 0 aromatic heterocycles. The van der Waals surface area contributed by atoms with E-state index in [0.717, 1.165) is 25.7 Å². The van der Waals surface area contributed by atoms with Gasteiger partial charge in [0.15, 0.2) is 18.1 Å². The number of rotatable bonds is 5. The number of fused-ring (bicyclic) bond motifs is 1. The van der Waals surface area contributed by atoms with E-state index in [1.54, 1.807) is 0 Å². The van der Waals surface area contributed by atoms with Crippen molar-refractivity contribution in [2.24, 2.45) is 11.8 Å². The Morgan fingerprint density at radius 3 is 2.83 bits per heavy atom. The zero-order chi connectivity index (χ0) is 16.6. The molecule has 3 fully saturated rings. The number of carbonyl (C=O) groups is 2. The van der Waals surface area contributed by atoms with Crippen LogP contribution in [0.3, 0.4) is 0 Å². The maximum absolute atomic E-state index is 12.6. The fourth-order valence-corrected chi connectivity index (χ4v) is 4.65. The monoisotopic (exact) mass is 325 g/mol. The van der Waals surface area contributed by atoms with Crippen molar-refractivity contribution in [2.45, 2.75) is 64.0 Å². The Morgan fingerprint density at radius 2 is 2.13 bits per heavy atom. The number of hydrogen-bond acceptors (Lipinski definition) is 6. The Bertz CT molecular complexity index is 468. The summed E-state index contributed by atoms with van der Waals surface area (Å²) in [7, 11) is 1.36. The van der Waals surface area contributed by atoms with E-state index in [4.69, 9.17) is 14.2 Å². The van der Waals surface area contributed by atoms with Crippen molar-refractivity contribution < 1.29 is 23.8 Å². The van der Waals surface area contributed by atoms with E-state index in [1.807, 2.05) is 13.8 Å². The number of methoxy groups -OCH3 is 1. The lowest BCUT2D eigenvalue weighted by atomic mass is 9.90. The van der Waals surface area contributed by atoms with Crippen molar-refractivity contribution in [1.29, 1.82) is 0 Å². The van der Waals surface area contributed by atoms with Crippen LogP contribution in [0.5, 0.6) is 0 Å². The first kappa shape index (κ1) is 16.9. The topological polar surface area (TPSA) is 65.1 Å². The van der Waals surface area contributed by atoms with Gasteiger partial charge in [0.25, 0.3) is 0 Å². The predicted molar refractivity (Wildman–Crippen MR) is 82.7 cm³/mol. The first-order valence-corrected chi connectivity index (χ1v) is 8.69. The Labute approximate surface area is 137 Å². The third kappa shape index (κ3) is 3.16. The molecule has 3 rings (SSSR count). The highest BCUT2D eigenvalue weighted by molar-refractivity contribution is 6.05. The van der Waals surface area contributed by atoms with Gasteiger partial charge in [-0.25, -0.2) is 4.79 Å². The van der Waals surface area contributed by atoms with Crippen LogP contribution in [0, 0.1) is 11.8 Å². The summed E-state index contributed by atoms with van der Waals surface area (Å²) >= 11 is 0. The lowest BCUT2D eigenvalue weighted by Gasteiger charge is -2.38. The lowest BCUT2D eigenvalue weighted by Crippen LogP contribution is -2.56. The predicted octanol–water partition coefficient (Wildman–Crippen LogP) is 1.37. The number of carbonyl (C=O) groups excluding carboxylic acids is 2. The van der Waals surface area contributed by atoms with Crippen molar-refractivity contribution in [2.75, 3.05) is 20.3 Å². The zero-order valence-electron chi connectivity index (χ0n) is 14.2. The van der Waals surface area contributed by atoms with Crippen LogP contribution >= 0.6 is 0 Å². The van der Waals surface area contributed by atoms with Gasteiger partial charge >= 0.3 is 5.97 Å². The van der Waals surface area contributed by atoms with Gasteiger partial charge < -0.3 is 14.2 Å². The molecule has 2 bridgehead atoms. The summed E-state index contributed by atoms with van der Waals surface area (Å²) in [6.45, 7) is 5.21. The first-order valence-electron chi connectivity index (χ1n) is 8.69. The molecule has 0 N–H and O–H groups in total. The molecule has 130 valence electrons. The van der Waals surface area contributed by atoms with E-state index >= 15 is 0 Å². The highest BCUT2D eigenvalue weighted by atomic mass is 16.7. The summed E-state index contributed by atoms with van der Waals surface area (Å²) < 4.78 is 16.4. The highest BCUT2D eigenvalue weighted by Crippen LogP contribution is 2.46. The van der Waals surface area contributed by atoms with Crippen molar-refractivity contribution in [3.05, 3.63) is 0 Å². The smallest absolute Gasteiger partial charge is 0.330 e. The number of ether oxygens (including phenoxy) is 3. The second-order valence-electron chi connectivity index (χ2n) is 6.87. The number of piperidine rings is 1. The molecular formula is C17H27NO5. The third-order valence-electron chi connectivity index (χ3n) is 5.57. The van der Waals surface area contributed by atoms with Gasteiger partial charge in [0.2, 0.25) is 0 Å². The van der Waals surface area contributed by atoms with Crippen molar-refractivity contribution in [3.8, 4) is 0 Å². The van der Waals surface area contributed by atoms with Crippen LogP contribution in [-0.4, -0.2) is 61.4 Å². The molecule has 0 amide bonds. The van der Waals surface area contributed by atoms with Gasteiger partial charge in [-0.15, -0.1) is 0 Å². The van der Waals surface area contributed by atoms with Crippen LogP contribution in [0.4, 0.5) is 0 Å². The van der Waals surface area contributed by atoms with Crippen LogP contribution < -0.4 is 0 Å². The Kier molecular flexibility index (Phi) is 5.04. The summed E-state index contributed by atoms with van der Waals surface area (Å²) in [5, 5.41) is 0.